The molecule has 2 N–H and O–H groups in total. The van der Waals surface area contributed by atoms with Gasteiger partial charge < -0.3 is 10.2 Å². The Morgan fingerprint density at radius 2 is 1.62 bits per heavy atom. The molecule has 0 saturated carbocycles. The maximum Gasteiger partial charge on any atom is 0.245 e. The summed E-state index contributed by atoms with van der Waals surface area (Å²) in [4.78, 5) is 9.98. The van der Waals surface area contributed by atoms with Crippen molar-refractivity contribution in [3.05, 3.63) is 84.6 Å². The second-order valence-electron chi connectivity index (χ2n) is 5.78. The molecular weight excluding hydrogens is 342 g/mol. The van der Waals surface area contributed by atoms with Crippen LogP contribution < -0.4 is 5.73 Å². The van der Waals surface area contributed by atoms with Crippen LogP contribution in [-0.4, -0.2) is 9.97 Å². The third-order valence-corrected chi connectivity index (χ3v) is 4.98. The summed E-state index contributed by atoms with van der Waals surface area (Å²) >= 11 is 1.81. The number of hydrogen-bond acceptors (Lipinski definition) is 5. The smallest absolute Gasteiger partial charge is 0.245 e. The fourth-order valence-corrected chi connectivity index (χ4v) is 3.41. The molecule has 5 heteroatoms. The number of nitrogens with zero attached hydrogens (tertiary/aromatic N) is 2. The number of nitrogen functional groups attached to an aromatic ring is 1. The van der Waals surface area contributed by atoms with E-state index in [1.165, 1.54) is 10.5 Å². The average Bonchev–Trinajstić information content (AvgIpc) is 3.18. The van der Waals surface area contributed by atoms with Crippen molar-refractivity contribution in [3.8, 4) is 22.8 Å². The van der Waals surface area contributed by atoms with Gasteiger partial charge in [-0.25, -0.2) is 9.97 Å². The number of anilines is 1. The predicted molar refractivity (Wildman–Crippen MR) is 106 cm³/mol. The van der Waals surface area contributed by atoms with Crippen molar-refractivity contribution in [1.82, 2.24) is 9.97 Å². The maximum absolute atomic E-state index is 5.72. The highest BCUT2D eigenvalue weighted by atomic mass is 32.2. The van der Waals surface area contributed by atoms with Crippen molar-refractivity contribution in [2.24, 2.45) is 0 Å². The summed E-state index contributed by atoms with van der Waals surface area (Å²) in [5.74, 6) is 1.87. The molecule has 0 unspecified atom stereocenters. The maximum atomic E-state index is 5.72. The van der Waals surface area contributed by atoms with Crippen LogP contribution >= 0.6 is 11.8 Å². The van der Waals surface area contributed by atoms with Gasteiger partial charge in [0.25, 0.3) is 0 Å². The molecule has 0 aliphatic heterocycles. The summed E-state index contributed by atoms with van der Waals surface area (Å²) in [6.07, 6.45) is 1.65. The van der Waals surface area contributed by atoms with Gasteiger partial charge in [0.1, 0.15) is 23.5 Å². The van der Waals surface area contributed by atoms with E-state index in [4.69, 9.17) is 10.2 Å². The summed E-state index contributed by atoms with van der Waals surface area (Å²) in [5, 5.41) is 0. The van der Waals surface area contributed by atoms with E-state index in [0.717, 1.165) is 17.0 Å². The van der Waals surface area contributed by atoms with Gasteiger partial charge in [0, 0.05) is 16.2 Å². The normalized spacial score (nSPS) is 10.8. The van der Waals surface area contributed by atoms with Crippen LogP contribution in [0.25, 0.3) is 22.8 Å². The van der Waals surface area contributed by atoms with Gasteiger partial charge in [-0.05, 0) is 29.8 Å². The Morgan fingerprint density at radius 3 is 2.38 bits per heavy atom. The Morgan fingerprint density at radius 1 is 0.808 bits per heavy atom. The van der Waals surface area contributed by atoms with Crippen LogP contribution in [0.3, 0.4) is 0 Å². The standard InChI is InChI=1S/C21H17N3OS/c22-20-8-4-7-18(23-20)21-24-19(13-25-21)16-9-11-17(12-10-16)26-14-15-5-2-1-3-6-15/h1-13H,14H2,(H2,22,23). The fourth-order valence-electron chi connectivity index (χ4n) is 2.56. The predicted octanol–water partition coefficient (Wildman–Crippen LogP) is 5.28. The molecule has 128 valence electrons. The van der Waals surface area contributed by atoms with Crippen molar-refractivity contribution in [2.75, 3.05) is 5.73 Å². The van der Waals surface area contributed by atoms with Crippen LogP contribution in [0.1, 0.15) is 5.56 Å². The SMILES string of the molecule is Nc1cccc(-c2nc(-c3ccc(SCc4ccccc4)cc3)co2)n1. The molecule has 0 spiro atoms. The van der Waals surface area contributed by atoms with Gasteiger partial charge in [0.2, 0.25) is 5.89 Å². The van der Waals surface area contributed by atoms with E-state index >= 15 is 0 Å². The summed E-state index contributed by atoms with van der Waals surface area (Å²) in [6.45, 7) is 0. The molecule has 2 heterocycles. The topological polar surface area (TPSA) is 64.9 Å². The van der Waals surface area contributed by atoms with Gasteiger partial charge >= 0.3 is 0 Å². The summed E-state index contributed by atoms with van der Waals surface area (Å²) < 4.78 is 5.56. The molecule has 4 aromatic rings. The van der Waals surface area contributed by atoms with E-state index in [1.807, 2.05) is 30.0 Å². The lowest BCUT2D eigenvalue weighted by Crippen LogP contribution is -1.91. The second kappa shape index (κ2) is 7.45. The molecule has 0 fully saturated rings. The van der Waals surface area contributed by atoms with E-state index in [0.29, 0.717) is 17.4 Å². The first-order valence-electron chi connectivity index (χ1n) is 8.23. The Kier molecular flexibility index (Phi) is 4.71. The van der Waals surface area contributed by atoms with Crippen molar-refractivity contribution >= 4 is 17.6 Å². The quantitative estimate of drug-likeness (QED) is 0.491. The van der Waals surface area contributed by atoms with Gasteiger partial charge in [-0.1, -0.05) is 48.5 Å². The monoisotopic (exact) mass is 359 g/mol. The van der Waals surface area contributed by atoms with Crippen molar-refractivity contribution in [3.63, 3.8) is 0 Å². The van der Waals surface area contributed by atoms with Crippen LogP contribution in [0, 0.1) is 0 Å². The van der Waals surface area contributed by atoms with Crippen LogP contribution in [0.4, 0.5) is 5.82 Å². The third-order valence-electron chi connectivity index (χ3n) is 3.89. The first kappa shape index (κ1) is 16.4. The number of thioether (sulfide) groups is 1. The minimum absolute atomic E-state index is 0.446. The molecular formula is C21H17N3OS. The lowest BCUT2D eigenvalue weighted by atomic mass is 10.2. The van der Waals surface area contributed by atoms with E-state index in [2.05, 4.69) is 58.5 Å². The van der Waals surface area contributed by atoms with E-state index < -0.39 is 0 Å². The number of pyridine rings is 1. The second-order valence-corrected chi connectivity index (χ2v) is 6.83. The molecule has 4 rings (SSSR count). The number of oxazole rings is 1. The van der Waals surface area contributed by atoms with E-state index in [9.17, 15) is 0 Å². The highest BCUT2D eigenvalue weighted by molar-refractivity contribution is 7.98. The first-order valence-corrected chi connectivity index (χ1v) is 9.22. The Bertz CT molecular complexity index is 997. The van der Waals surface area contributed by atoms with Crippen LogP contribution in [-0.2, 0) is 5.75 Å². The van der Waals surface area contributed by atoms with Gasteiger partial charge in [-0.15, -0.1) is 11.8 Å². The van der Waals surface area contributed by atoms with E-state index in [-0.39, 0.29) is 0 Å². The first-order chi connectivity index (χ1) is 12.8. The van der Waals surface area contributed by atoms with Crippen molar-refractivity contribution in [2.45, 2.75) is 10.6 Å². The van der Waals surface area contributed by atoms with Crippen molar-refractivity contribution in [1.29, 1.82) is 0 Å². The molecule has 0 aliphatic rings. The molecule has 0 aliphatic carbocycles. The zero-order valence-corrected chi connectivity index (χ0v) is 14.8. The molecule has 0 saturated heterocycles. The minimum Gasteiger partial charge on any atom is -0.443 e. The summed E-state index contributed by atoms with van der Waals surface area (Å²) in [7, 11) is 0. The summed E-state index contributed by atoms with van der Waals surface area (Å²) in [5.41, 5.74) is 9.45. The van der Waals surface area contributed by atoms with Gasteiger partial charge in [0.05, 0.1) is 0 Å². The molecule has 2 aromatic carbocycles. The van der Waals surface area contributed by atoms with Crippen LogP contribution in [0.15, 0.2) is 88.4 Å². The number of benzene rings is 2. The molecule has 26 heavy (non-hydrogen) atoms. The highest BCUT2D eigenvalue weighted by Crippen LogP contribution is 2.28. The molecule has 0 amide bonds. The Labute approximate surface area is 156 Å². The highest BCUT2D eigenvalue weighted by Gasteiger charge is 2.10. The Hall–Kier alpha value is -3.05. The van der Waals surface area contributed by atoms with Crippen LogP contribution in [0.2, 0.25) is 0 Å². The lowest BCUT2D eigenvalue weighted by molar-refractivity contribution is 0.572. The van der Waals surface area contributed by atoms with Crippen molar-refractivity contribution < 1.29 is 4.42 Å². The average molecular weight is 359 g/mol. The van der Waals surface area contributed by atoms with Gasteiger partial charge in [0.15, 0.2) is 0 Å². The number of nitrogens with two attached hydrogens (primary N) is 1. The molecule has 4 nitrogen and oxygen atoms in total. The third kappa shape index (κ3) is 3.78. The molecule has 0 bridgehead atoms. The minimum atomic E-state index is 0.446. The largest absolute Gasteiger partial charge is 0.443 e. The molecule has 2 aromatic heterocycles. The summed E-state index contributed by atoms with van der Waals surface area (Å²) in [6, 6.07) is 24.2. The van der Waals surface area contributed by atoms with Gasteiger partial charge in [-0.2, -0.15) is 0 Å². The van der Waals surface area contributed by atoms with Gasteiger partial charge in [-0.3, -0.25) is 0 Å². The molecule has 0 radical (unpaired) electrons. The number of aromatic nitrogens is 2. The fraction of sp³-hybridized carbons (Fsp3) is 0.0476. The number of rotatable bonds is 5. The lowest BCUT2D eigenvalue weighted by Gasteiger charge is -2.03. The van der Waals surface area contributed by atoms with E-state index in [1.54, 1.807) is 12.3 Å². The zero-order valence-electron chi connectivity index (χ0n) is 14.0. The van der Waals surface area contributed by atoms with Crippen LogP contribution in [0.5, 0.6) is 0 Å². The Balaban J connectivity index is 1.47. The molecule has 0 atom stereocenters. The zero-order chi connectivity index (χ0) is 17.8. The number of hydrogen-bond donors (Lipinski definition) is 1.